The number of anilines is 2. The Balaban J connectivity index is 2.03. The van der Waals surface area contributed by atoms with Crippen molar-refractivity contribution < 1.29 is 0 Å². The summed E-state index contributed by atoms with van der Waals surface area (Å²) >= 11 is 0. The van der Waals surface area contributed by atoms with Gasteiger partial charge in [-0.3, -0.25) is 0 Å². The minimum atomic E-state index is 0.208. The molecule has 0 bridgehead atoms. The van der Waals surface area contributed by atoms with Gasteiger partial charge < -0.3 is 21.3 Å². The highest BCUT2D eigenvalue weighted by Crippen LogP contribution is 2.16. The lowest BCUT2D eigenvalue weighted by Crippen LogP contribution is -2.27. The monoisotopic (exact) mass is 264 g/mol. The van der Waals surface area contributed by atoms with Crippen LogP contribution < -0.4 is 16.4 Å². The second kappa shape index (κ2) is 6.16. The molecule has 0 saturated carbocycles. The average Bonchev–Trinajstić information content (AvgIpc) is 2.73. The molecule has 1 aliphatic rings. The van der Waals surface area contributed by atoms with Gasteiger partial charge >= 0.3 is 0 Å². The minimum absolute atomic E-state index is 0.208. The van der Waals surface area contributed by atoms with E-state index in [0.29, 0.717) is 12.6 Å². The average molecular weight is 264 g/mol. The van der Waals surface area contributed by atoms with E-state index in [2.05, 4.69) is 32.5 Å². The van der Waals surface area contributed by atoms with E-state index in [0.717, 1.165) is 37.0 Å². The highest BCUT2D eigenvalue weighted by Gasteiger charge is 2.19. The molecule has 1 saturated heterocycles. The van der Waals surface area contributed by atoms with Gasteiger partial charge in [-0.05, 0) is 33.9 Å². The summed E-state index contributed by atoms with van der Waals surface area (Å²) in [6, 6.07) is 2.64. The van der Waals surface area contributed by atoms with Crippen molar-refractivity contribution in [2.24, 2.45) is 5.73 Å². The normalized spacial score (nSPS) is 21.4. The lowest BCUT2D eigenvalue weighted by molar-refractivity contribution is 0.414. The summed E-state index contributed by atoms with van der Waals surface area (Å²) in [5.41, 5.74) is 5.62. The molecule has 2 unspecified atom stereocenters. The SMILES string of the molecule is Cc1nc(NC(C)CN)cc(NC2CCN(C)C2)n1. The fourth-order valence-electron chi connectivity index (χ4n) is 2.29. The molecule has 0 amide bonds. The molecule has 6 heteroatoms. The van der Waals surface area contributed by atoms with Crippen LogP contribution in [0.1, 0.15) is 19.2 Å². The zero-order chi connectivity index (χ0) is 13.8. The van der Waals surface area contributed by atoms with Crippen LogP contribution in [-0.4, -0.2) is 53.6 Å². The van der Waals surface area contributed by atoms with Crippen molar-refractivity contribution in [3.05, 3.63) is 11.9 Å². The van der Waals surface area contributed by atoms with E-state index in [1.165, 1.54) is 0 Å². The molecular weight excluding hydrogens is 240 g/mol. The van der Waals surface area contributed by atoms with Crippen LogP contribution in [0.5, 0.6) is 0 Å². The van der Waals surface area contributed by atoms with E-state index >= 15 is 0 Å². The second-order valence-electron chi connectivity index (χ2n) is 5.36. The lowest BCUT2D eigenvalue weighted by atomic mass is 10.2. The highest BCUT2D eigenvalue weighted by atomic mass is 15.2. The smallest absolute Gasteiger partial charge is 0.132 e. The molecule has 1 aliphatic heterocycles. The van der Waals surface area contributed by atoms with Gasteiger partial charge in [-0.15, -0.1) is 0 Å². The van der Waals surface area contributed by atoms with Crippen molar-refractivity contribution in [2.45, 2.75) is 32.4 Å². The summed E-state index contributed by atoms with van der Waals surface area (Å²) in [5, 5.41) is 6.76. The van der Waals surface area contributed by atoms with Crippen LogP contribution in [0.15, 0.2) is 6.07 Å². The van der Waals surface area contributed by atoms with Crippen molar-refractivity contribution in [2.75, 3.05) is 37.3 Å². The van der Waals surface area contributed by atoms with Crippen LogP contribution in [0, 0.1) is 6.92 Å². The Hall–Kier alpha value is -1.40. The first-order chi connectivity index (χ1) is 9.06. The van der Waals surface area contributed by atoms with Crippen LogP contribution in [0.4, 0.5) is 11.6 Å². The third-order valence-electron chi connectivity index (χ3n) is 3.33. The Labute approximate surface area is 114 Å². The Bertz CT molecular complexity index is 422. The van der Waals surface area contributed by atoms with Crippen molar-refractivity contribution >= 4 is 11.6 Å². The number of nitrogens with zero attached hydrogens (tertiary/aromatic N) is 3. The van der Waals surface area contributed by atoms with E-state index in [9.17, 15) is 0 Å². The molecule has 2 heterocycles. The number of likely N-dealkylation sites (N-methyl/N-ethyl adjacent to an activating group) is 1. The summed E-state index contributed by atoms with van der Waals surface area (Å²) in [7, 11) is 2.14. The molecule has 0 spiro atoms. The van der Waals surface area contributed by atoms with Gasteiger partial charge in [0.1, 0.15) is 17.5 Å². The molecular formula is C13H24N6. The maximum atomic E-state index is 5.62. The van der Waals surface area contributed by atoms with Gasteiger partial charge in [0.2, 0.25) is 0 Å². The molecule has 19 heavy (non-hydrogen) atoms. The number of hydrogen-bond donors (Lipinski definition) is 3. The molecule has 1 aromatic rings. The zero-order valence-electron chi connectivity index (χ0n) is 12.0. The van der Waals surface area contributed by atoms with Crippen LogP contribution in [-0.2, 0) is 0 Å². The number of aryl methyl sites for hydroxylation is 1. The number of rotatable bonds is 5. The topological polar surface area (TPSA) is 79.1 Å². The summed E-state index contributed by atoms with van der Waals surface area (Å²) < 4.78 is 0. The molecule has 1 aromatic heterocycles. The Kier molecular flexibility index (Phi) is 4.55. The molecule has 0 radical (unpaired) electrons. The first kappa shape index (κ1) is 14.0. The maximum absolute atomic E-state index is 5.62. The van der Waals surface area contributed by atoms with Crippen LogP contribution >= 0.6 is 0 Å². The third kappa shape index (κ3) is 4.04. The molecule has 6 nitrogen and oxygen atoms in total. The van der Waals surface area contributed by atoms with E-state index in [1.54, 1.807) is 0 Å². The number of hydrogen-bond acceptors (Lipinski definition) is 6. The molecule has 1 fully saturated rings. The fraction of sp³-hybridized carbons (Fsp3) is 0.692. The maximum Gasteiger partial charge on any atom is 0.132 e. The summed E-state index contributed by atoms with van der Waals surface area (Å²) in [6.07, 6.45) is 1.15. The van der Waals surface area contributed by atoms with E-state index in [1.807, 2.05) is 19.9 Å². The molecule has 0 aliphatic carbocycles. The minimum Gasteiger partial charge on any atom is -0.366 e. The van der Waals surface area contributed by atoms with Gasteiger partial charge in [-0.1, -0.05) is 0 Å². The van der Waals surface area contributed by atoms with E-state index < -0.39 is 0 Å². The van der Waals surface area contributed by atoms with Gasteiger partial charge in [0.25, 0.3) is 0 Å². The highest BCUT2D eigenvalue weighted by molar-refractivity contribution is 5.48. The van der Waals surface area contributed by atoms with Gasteiger partial charge in [0.15, 0.2) is 0 Å². The van der Waals surface area contributed by atoms with Gasteiger partial charge in [0.05, 0.1) is 0 Å². The van der Waals surface area contributed by atoms with Crippen molar-refractivity contribution in [3.63, 3.8) is 0 Å². The zero-order valence-corrected chi connectivity index (χ0v) is 12.0. The number of likely N-dealkylation sites (tertiary alicyclic amines) is 1. The molecule has 2 atom stereocenters. The molecule has 4 N–H and O–H groups in total. The van der Waals surface area contributed by atoms with Gasteiger partial charge in [-0.2, -0.15) is 0 Å². The summed E-state index contributed by atoms with van der Waals surface area (Å²) in [4.78, 5) is 11.1. The Morgan fingerprint density at radius 2 is 2.21 bits per heavy atom. The summed E-state index contributed by atoms with van der Waals surface area (Å²) in [6.45, 7) is 6.72. The summed E-state index contributed by atoms with van der Waals surface area (Å²) in [5.74, 6) is 2.49. The van der Waals surface area contributed by atoms with Crippen LogP contribution in [0.2, 0.25) is 0 Å². The fourth-order valence-corrected chi connectivity index (χ4v) is 2.29. The van der Waals surface area contributed by atoms with Gasteiger partial charge in [0, 0.05) is 31.2 Å². The van der Waals surface area contributed by atoms with Crippen molar-refractivity contribution in [1.29, 1.82) is 0 Å². The first-order valence-electron chi connectivity index (χ1n) is 6.84. The molecule has 106 valence electrons. The molecule has 2 rings (SSSR count). The van der Waals surface area contributed by atoms with Crippen molar-refractivity contribution in [3.8, 4) is 0 Å². The predicted molar refractivity (Wildman–Crippen MR) is 78.4 cm³/mol. The van der Waals surface area contributed by atoms with Crippen LogP contribution in [0.25, 0.3) is 0 Å². The third-order valence-corrected chi connectivity index (χ3v) is 3.33. The second-order valence-corrected chi connectivity index (χ2v) is 5.36. The Morgan fingerprint density at radius 3 is 2.84 bits per heavy atom. The van der Waals surface area contributed by atoms with E-state index in [4.69, 9.17) is 5.73 Å². The lowest BCUT2D eigenvalue weighted by Gasteiger charge is -2.16. The predicted octanol–water partition coefficient (Wildman–Crippen LogP) is 0.660. The number of aromatic nitrogens is 2. The number of nitrogens with two attached hydrogens (primary N) is 1. The quantitative estimate of drug-likeness (QED) is 0.725. The molecule has 0 aromatic carbocycles. The number of nitrogens with one attached hydrogen (secondary N) is 2. The standard InChI is InChI=1S/C13H24N6/c1-9(7-14)15-12-6-13(17-10(2)16-12)18-11-4-5-19(3)8-11/h6,9,11H,4-5,7-8,14H2,1-3H3,(H2,15,16,17,18). The van der Waals surface area contributed by atoms with Crippen LogP contribution in [0.3, 0.4) is 0 Å². The first-order valence-corrected chi connectivity index (χ1v) is 6.84. The Morgan fingerprint density at radius 1 is 1.47 bits per heavy atom. The van der Waals surface area contributed by atoms with E-state index in [-0.39, 0.29) is 6.04 Å². The van der Waals surface area contributed by atoms with Crippen molar-refractivity contribution in [1.82, 2.24) is 14.9 Å². The largest absolute Gasteiger partial charge is 0.366 e. The van der Waals surface area contributed by atoms with Gasteiger partial charge in [-0.25, -0.2) is 9.97 Å².